The Balaban J connectivity index is 1.64. The molecule has 2 aromatic rings. The maximum atomic E-state index is 13.0. The SMILES string of the molecule is O=CC(Oc1ccccc1)N1CCN(S(=O)(=O)c2ccc(F)cc2)CC1. The van der Waals surface area contributed by atoms with Gasteiger partial charge in [-0.15, -0.1) is 0 Å². The highest BCUT2D eigenvalue weighted by Gasteiger charge is 2.31. The molecule has 1 heterocycles. The van der Waals surface area contributed by atoms with Crippen molar-refractivity contribution in [3.05, 3.63) is 60.4 Å². The van der Waals surface area contributed by atoms with E-state index in [1.807, 2.05) is 18.2 Å². The van der Waals surface area contributed by atoms with Gasteiger partial charge in [0.15, 0.2) is 6.29 Å². The number of carbonyl (C=O) groups excluding carboxylic acids is 1. The average molecular weight is 378 g/mol. The fourth-order valence-electron chi connectivity index (χ4n) is 2.78. The van der Waals surface area contributed by atoms with Crippen molar-refractivity contribution in [1.29, 1.82) is 0 Å². The van der Waals surface area contributed by atoms with Crippen LogP contribution < -0.4 is 4.74 Å². The highest BCUT2D eigenvalue weighted by atomic mass is 32.2. The molecule has 26 heavy (non-hydrogen) atoms. The fraction of sp³-hybridized carbons (Fsp3) is 0.278. The van der Waals surface area contributed by atoms with Gasteiger partial charge in [-0.25, -0.2) is 12.8 Å². The van der Waals surface area contributed by atoms with Crippen LogP contribution in [-0.4, -0.2) is 56.3 Å². The predicted octanol–water partition coefficient (Wildman–Crippen LogP) is 1.74. The van der Waals surface area contributed by atoms with E-state index >= 15 is 0 Å². The van der Waals surface area contributed by atoms with Crippen molar-refractivity contribution in [3.8, 4) is 5.75 Å². The van der Waals surface area contributed by atoms with Gasteiger partial charge in [0.25, 0.3) is 0 Å². The first-order valence-electron chi connectivity index (χ1n) is 8.17. The van der Waals surface area contributed by atoms with Crippen molar-refractivity contribution in [1.82, 2.24) is 9.21 Å². The first-order chi connectivity index (χ1) is 12.5. The molecule has 8 heteroatoms. The Morgan fingerprint density at radius 3 is 2.15 bits per heavy atom. The van der Waals surface area contributed by atoms with Crippen molar-refractivity contribution in [2.75, 3.05) is 26.2 Å². The molecular formula is C18H19FN2O4S. The quantitative estimate of drug-likeness (QED) is 0.717. The number of carbonyl (C=O) groups is 1. The maximum absolute atomic E-state index is 13.0. The van der Waals surface area contributed by atoms with Crippen LogP contribution in [0.25, 0.3) is 0 Å². The standard InChI is InChI=1S/C18H19FN2O4S/c19-15-6-8-17(9-7-15)26(23,24)21-12-10-20(11-13-21)18(14-22)25-16-4-2-1-3-5-16/h1-9,14,18H,10-13H2. The minimum Gasteiger partial charge on any atom is -0.468 e. The van der Waals surface area contributed by atoms with Crippen molar-refractivity contribution < 1.29 is 22.3 Å². The number of halogens is 1. The van der Waals surface area contributed by atoms with Crippen molar-refractivity contribution >= 4 is 16.3 Å². The topological polar surface area (TPSA) is 66.9 Å². The second-order valence-electron chi connectivity index (χ2n) is 5.85. The molecule has 1 fully saturated rings. The van der Waals surface area contributed by atoms with Crippen LogP contribution in [0.2, 0.25) is 0 Å². The Morgan fingerprint density at radius 2 is 1.58 bits per heavy atom. The lowest BCUT2D eigenvalue weighted by Gasteiger charge is -2.36. The number of sulfonamides is 1. The molecule has 0 radical (unpaired) electrons. The van der Waals surface area contributed by atoms with Crippen LogP contribution in [0.3, 0.4) is 0 Å². The van der Waals surface area contributed by atoms with E-state index in [-0.39, 0.29) is 18.0 Å². The van der Waals surface area contributed by atoms with Gasteiger partial charge < -0.3 is 4.74 Å². The molecule has 0 spiro atoms. The van der Waals surface area contributed by atoms with Gasteiger partial charge in [0.2, 0.25) is 16.3 Å². The fourth-order valence-corrected chi connectivity index (χ4v) is 4.20. The molecule has 2 aromatic carbocycles. The number of nitrogens with zero attached hydrogens (tertiary/aromatic N) is 2. The van der Waals surface area contributed by atoms with E-state index in [0.29, 0.717) is 25.1 Å². The van der Waals surface area contributed by atoms with E-state index in [1.165, 1.54) is 16.4 Å². The Labute approximate surface area is 151 Å². The zero-order chi connectivity index (χ0) is 18.6. The lowest BCUT2D eigenvalue weighted by atomic mass is 10.3. The van der Waals surface area contributed by atoms with Crippen LogP contribution in [-0.2, 0) is 14.8 Å². The Bertz CT molecular complexity index is 835. The molecule has 1 atom stereocenters. The molecule has 1 saturated heterocycles. The molecule has 0 aliphatic carbocycles. The van der Waals surface area contributed by atoms with E-state index in [4.69, 9.17) is 4.74 Å². The summed E-state index contributed by atoms with van der Waals surface area (Å²) in [4.78, 5) is 13.3. The number of hydrogen-bond donors (Lipinski definition) is 0. The highest BCUT2D eigenvalue weighted by molar-refractivity contribution is 7.89. The van der Waals surface area contributed by atoms with Gasteiger partial charge in [-0.2, -0.15) is 4.31 Å². The van der Waals surface area contributed by atoms with E-state index in [2.05, 4.69) is 0 Å². The van der Waals surface area contributed by atoms with Gasteiger partial charge in [0, 0.05) is 26.2 Å². The zero-order valence-corrected chi connectivity index (χ0v) is 14.8. The number of ether oxygens (including phenoxy) is 1. The number of benzene rings is 2. The van der Waals surface area contributed by atoms with E-state index in [1.54, 1.807) is 17.0 Å². The highest BCUT2D eigenvalue weighted by Crippen LogP contribution is 2.19. The monoisotopic (exact) mass is 378 g/mol. The number of hydrogen-bond acceptors (Lipinski definition) is 5. The second-order valence-corrected chi connectivity index (χ2v) is 7.79. The summed E-state index contributed by atoms with van der Waals surface area (Å²) in [5.41, 5.74) is 0. The smallest absolute Gasteiger partial charge is 0.243 e. The average Bonchev–Trinajstić information content (AvgIpc) is 2.67. The van der Waals surface area contributed by atoms with Crippen LogP contribution in [0, 0.1) is 5.82 Å². The second kappa shape index (κ2) is 7.94. The summed E-state index contributed by atoms with van der Waals surface area (Å²) in [5, 5.41) is 0. The molecular weight excluding hydrogens is 359 g/mol. The van der Waals surface area contributed by atoms with Crippen LogP contribution in [0.5, 0.6) is 5.75 Å². The molecule has 3 rings (SSSR count). The third-order valence-electron chi connectivity index (χ3n) is 4.20. The lowest BCUT2D eigenvalue weighted by Crippen LogP contribution is -2.53. The van der Waals surface area contributed by atoms with Crippen LogP contribution in [0.1, 0.15) is 0 Å². The van der Waals surface area contributed by atoms with Crippen molar-refractivity contribution in [2.45, 2.75) is 11.1 Å². The molecule has 0 aromatic heterocycles. The van der Waals surface area contributed by atoms with Gasteiger partial charge >= 0.3 is 0 Å². The normalized spacial score (nSPS) is 17.6. The molecule has 0 N–H and O–H groups in total. The molecule has 138 valence electrons. The molecule has 1 aliphatic heterocycles. The van der Waals surface area contributed by atoms with E-state index < -0.39 is 22.1 Å². The van der Waals surface area contributed by atoms with Crippen molar-refractivity contribution in [2.24, 2.45) is 0 Å². The number of piperazine rings is 1. The lowest BCUT2D eigenvalue weighted by molar-refractivity contribution is -0.122. The maximum Gasteiger partial charge on any atom is 0.243 e. The third kappa shape index (κ3) is 4.09. The van der Waals surface area contributed by atoms with Crippen LogP contribution >= 0.6 is 0 Å². The van der Waals surface area contributed by atoms with Crippen molar-refractivity contribution in [3.63, 3.8) is 0 Å². The molecule has 0 amide bonds. The van der Waals surface area contributed by atoms with Gasteiger partial charge in [-0.3, -0.25) is 9.69 Å². The van der Waals surface area contributed by atoms with Crippen LogP contribution in [0.15, 0.2) is 59.5 Å². The summed E-state index contributed by atoms with van der Waals surface area (Å²) in [7, 11) is -3.68. The largest absolute Gasteiger partial charge is 0.468 e. The summed E-state index contributed by atoms with van der Waals surface area (Å²) in [6.45, 7) is 1.16. The molecule has 0 bridgehead atoms. The summed E-state index contributed by atoms with van der Waals surface area (Å²) in [6, 6.07) is 13.7. The predicted molar refractivity (Wildman–Crippen MR) is 93.7 cm³/mol. The minimum atomic E-state index is -3.68. The van der Waals surface area contributed by atoms with Gasteiger partial charge in [0.05, 0.1) is 4.90 Å². The van der Waals surface area contributed by atoms with Gasteiger partial charge in [-0.05, 0) is 36.4 Å². The summed E-state index contributed by atoms with van der Waals surface area (Å²) < 4.78 is 45.3. The van der Waals surface area contributed by atoms with Crippen LogP contribution in [0.4, 0.5) is 4.39 Å². The number of aldehydes is 1. The minimum absolute atomic E-state index is 0.0554. The van der Waals surface area contributed by atoms with Gasteiger partial charge in [-0.1, -0.05) is 18.2 Å². The summed E-state index contributed by atoms with van der Waals surface area (Å²) >= 11 is 0. The first kappa shape index (κ1) is 18.5. The Hall–Kier alpha value is -2.29. The molecule has 1 unspecified atom stereocenters. The van der Waals surface area contributed by atoms with E-state index in [0.717, 1.165) is 12.1 Å². The summed E-state index contributed by atoms with van der Waals surface area (Å²) in [6.07, 6.45) is -0.0648. The Morgan fingerprint density at radius 1 is 0.962 bits per heavy atom. The Kier molecular flexibility index (Phi) is 5.65. The molecule has 6 nitrogen and oxygen atoms in total. The van der Waals surface area contributed by atoms with Gasteiger partial charge in [0.1, 0.15) is 11.6 Å². The third-order valence-corrected chi connectivity index (χ3v) is 6.11. The molecule has 0 saturated carbocycles. The number of rotatable bonds is 6. The van der Waals surface area contributed by atoms with E-state index in [9.17, 15) is 17.6 Å². The zero-order valence-electron chi connectivity index (χ0n) is 14.0. The number of para-hydroxylation sites is 1. The molecule has 1 aliphatic rings. The summed E-state index contributed by atoms with van der Waals surface area (Å²) in [5.74, 6) is 0.0895. The first-order valence-corrected chi connectivity index (χ1v) is 9.61.